The number of hydrogen-bond donors (Lipinski definition) is 2. The molecule has 0 bridgehead atoms. The molecule has 1 aromatic heterocycles. The van der Waals surface area contributed by atoms with Gasteiger partial charge in [0.15, 0.2) is 0 Å². The molecule has 2 heterocycles. The monoisotopic (exact) mass is 234 g/mol. The van der Waals surface area contributed by atoms with Crippen molar-refractivity contribution in [2.24, 2.45) is 0 Å². The molecule has 2 N–H and O–H groups in total. The van der Waals surface area contributed by atoms with E-state index in [-0.39, 0.29) is 11.9 Å². The highest BCUT2D eigenvalue weighted by Crippen LogP contribution is 2.34. The molecule has 2 nitrogen and oxygen atoms in total. The third-order valence-electron chi connectivity index (χ3n) is 2.77. The SMILES string of the molecule is Fc1ccccc1C1CNc2cscc2N1. The Labute approximate surface area is 97.1 Å². The van der Waals surface area contributed by atoms with E-state index in [0.717, 1.165) is 11.4 Å². The number of thiophene rings is 1. The predicted octanol–water partition coefficient (Wildman–Crippen LogP) is 3.47. The molecule has 0 amide bonds. The minimum absolute atomic E-state index is 0.00306. The normalized spacial score (nSPS) is 18.4. The summed E-state index contributed by atoms with van der Waals surface area (Å²) in [6.45, 7) is 0.713. The number of benzene rings is 1. The summed E-state index contributed by atoms with van der Waals surface area (Å²) < 4.78 is 13.6. The minimum atomic E-state index is -0.152. The maximum Gasteiger partial charge on any atom is 0.128 e. The summed E-state index contributed by atoms with van der Waals surface area (Å²) in [5.74, 6) is -0.152. The van der Waals surface area contributed by atoms with E-state index in [0.29, 0.717) is 12.1 Å². The van der Waals surface area contributed by atoms with Crippen LogP contribution in [0, 0.1) is 5.82 Å². The highest BCUT2D eigenvalue weighted by Gasteiger charge is 2.21. The summed E-state index contributed by atoms with van der Waals surface area (Å²) in [6.07, 6.45) is 0. The van der Waals surface area contributed by atoms with Crippen LogP contribution in [0.5, 0.6) is 0 Å². The first-order chi connectivity index (χ1) is 7.84. The van der Waals surface area contributed by atoms with E-state index in [1.165, 1.54) is 6.07 Å². The Morgan fingerprint density at radius 1 is 1.19 bits per heavy atom. The predicted molar refractivity (Wildman–Crippen MR) is 65.6 cm³/mol. The maximum absolute atomic E-state index is 13.6. The van der Waals surface area contributed by atoms with E-state index in [2.05, 4.69) is 16.0 Å². The molecule has 1 atom stereocenters. The van der Waals surface area contributed by atoms with Gasteiger partial charge in [-0.25, -0.2) is 4.39 Å². The van der Waals surface area contributed by atoms with Gasteiger partial charge in [0.1, 0.15) is 5.82 Å². The number of halogens is 1. The molecular formula is C12H11FN2S. The fourth-order valence-electron chi connectivity index (χ4n) is 1.94. The molecule has 2 aromatic rings. The number of anilines is 2. The van der Waals surface area contributed by atoms with Crippen LogP contribution >= 0.6 is 11.3 Å². The Balaban J connectivity index is 1.92. The van der Waals surface area contributed by atoms with E-state index >= 15 is 0 Å². The molecule has 1 aromatic carbocycles. The maximum atomic E-state index is 13.6. The van der Waals surface area contributed by atoms with Crippen molar-refractivity contribution in [1.82, 2.24) is 0 Å². The second kappa shape index (κ2) is 3.79. The summed E-state index contributed by atoms with van der Waals surface area (Å²) in [4.78, 5) is 0. The van der Waals surface area contributed by atoms with Crippen LogP contribution in [0.25, 0.3) is 0 Å². The number of nitrogens with one attached hydrogen (secondary N) is 2. The molecule has 0 radical (unpaired) electrons. The van der Waals surface area contributed by atoms with Crippen molar-refractivity contribution in [2.75, 3.05) is 17.2 Å². The molecule has 0 fully saturated rings. The zero-order valence-corrected chi connectivity index (χ0v) is 9.35. The van der Waals surface area contributed by atoms with Gasteiger partial charge in [0.05, 0.1) is 17.4 Å². The molecule has 0 spiro atoms. The smallest absolute Gasteiger partial charge is 0.128 e. The van der Waals surface area contributed by atoms with Crippen LogP contribution in [0.1, 0.15) is 11.6 Å². The zero-order chi connectivity index (χ0) is 11.0. The third-order valence-corrected chi connectivity index (χ3v) is 3.51. The summed E-state index contributed by atoms with van der Waals surface area (Å²) in [5, 5.41) is 10.7. The van der Waals surface area contributed by atoms with Gasteiger partial charge in [-0.1, -0.05) is 18.2 Å². The van der Waals surface area contributed by atoms with E-state index < -0.39 is 0 Å². The van der Waals surface area contributed by atoms with Crippen molar-refractivity contribution >= 4 is 22.7 Å². The van der Waals surface area contributed by atoms with Crippen LogP contribution in [-0.4, -0.2) is 6.54 Å². The molecular weight excluding hydrogens is 223 g/mol. The van der Waals surface area contributed by atoms with Gasteiger partial charge in [0, 0.05) is 22.9 Å². The molecule has 16 heavy (non-hydrogen) atoms. The minimum Gasteiger partial charge on any atom is -0.380 e. The second-order valence-electron chi connectivity index (χ2n) is 3.80. The van der Waals surface area contributed by atoms with Gasteiger partial charge >= 0.3 is 0 Å². The van der Waals surface area contributed by atoms with E-state index in [1.54, 1.807) is 17.4 Å². The fraction of sp³-hybridized carbons (Fsp3) is 0.167. The first-order valence-corrected chi connectivity index (χ1v) is 6.10. The fourth-order valence-corrected chi connectivity index (χ4v) is 2.69. The second-order valence-corrected chi connectivity index (χ2v) is 4.54. The van der Waals surface area contributed by atoms with Crippen LogP contribution < -0.4 is 10.6 Å². The Bertz CT molecular complexity index is 509. The number of fused-ring (bicyclic) bond motifs is 1. The quantitative estimate of drug-likeness (QED) is 0.789. The Hall–Kier alpha value is -1.55. The number of hydrogen-bond acceptors (Lipinski definition) is 3. The van der Waals surface area contributed by atoms with Crippen LogP contribution in [0.3, 0.4) is 0 Å². The first kappa shape index (κ1) is 9.66. The lowest BCUT2D eigenvalue weighted by Gasteiger charge is -2.26. The van der Waals surface area contributed by atoms with Crippen LogP contribution in [0.4, 0.5) is 15.8 Å². The third kappa shape index (κ3) is 1.55. The molecule has 4 heteroatoms. The Morgan fingerprint density at radius 3 is 2.88 bits per heavy atom. The lowest BCUT2D eigenvalue weighted by molar-refractivity contribution is 0.595. The molecule has 0 aliphatic carbocycles. The Kier molecular flexibility index (Phi) is 2.29. The van der Waals surface area contributed by atoms with Crippen LogP contribution in [-0.2, 0) is 0 Å². The summed E-state index contributed by atoms with van der Waals surface area (Å²) >= 11 is 1.64. The molecule has 1 unspecified atom stereocenters. The highest BCUT2D eigenvalue weighted by molar-refractivity contribution is 7.09. The summed E-state index contributed by atoms with van der Waals surface area (Å²) in [6, 6.07) is 6.91. The zero-order valence-electron chi connectivity index (χ0n) is 8.53. The molecule has 82 valence electrons. The largest absolute Gasteiger partial charge is 0.380 e. The van der Waals surface area contributed by atoms with Gasteiger partial charge in [-0.05, 0) is 6.07 Å². The van der Waals surface area contributed by atoms with E-state index in [1.807, 2.05) is 17.5 Å². The van der Waals surface area contributed by atoms with Crippen molar-refractivity contribution in [2.45, 2.75) is 6.04 Å². The lowest BCUT2D eigenvalue weighted by atomic mass is 10.0. The molecule has 0 saturated carbocycles. The average Bonchev–Trinajstić information content (AvgIpc) is 2.76. The van der Waals surface area contributed by atoms with Gasteiger partial charge in [0.2, 0.25) is 0 Å². The van der Waals surface area contributed by atoms with E-state index in [4.69, 9.17) is 0 Å². The van der Waals surface area contributed by atoms with Crippen molar-refractivity contribution in [3.8, 4) is 0 Å². The topological polar surface area (TPSA) is 24.1 Å². The molecule has 1 aliphatic rings. The van der Waals surface area contributed by atoms with Gasteiger partial charge < -0.3 is 10.6 Å². The van der Waals surface area contributed by atoms with Crippen molar-refractivity contribution in [3.05, 3.63) is 46.4 Å². The lowest BCUT2D eigenvalue weighted by Crippen LogP contribution is -2.25. The van der Waals surface area contributed by atoms with Gasteiger partial charge in [0.25, 0.3) is 0 Å². The van der Waals surface area contributed by atoms with Crippen molar-refractivity contribution in [1.29, 1.82) is 0 Å². The van der Waals surface area contributed by atoms with Gasteiger partial charge in [-0.3, -0.25) is 0 Å². The van der Waals surface area contributed by atoms with Crippen molar-refractivity contribution in [3.63, 3.8) is 0 Å². The molecule has 3 rings (SSSR count). The van der Waals surface area contributed by atoms with Crippen LogP contribution in [0.15, 0.2) is 35.0 Å². The first-order valence-electron chi connectivity index (χ1n) is 5.15. The van der Waals surface area contributed by atoms with E-state index in [9.17, 15) is 4.39 Å². The van der Waals surface area contributed by atoms with Gasteiger partial charge in [-0.2, -0.15) is 0 Å². The summed E-state index contributed by atoms with van der Waals surface area (Å²) in [5.41, 5.74) is 2.88. The van der Waals surface area contributed by atoms with Crippen molar-refractivity contribution < 1.29 is 4.39 Å². The standard InChI is InChI=1S/C12H11FN2S/c13-9-4-2-1-3-8(9)10-5-14-11-6-16-7-12(11)15-10/h1-4,6-7,10,14-15H,5H2. The highest BCUT2D eigenvalue weighted by atomic mass is 32.1. The van der Waals surface area contributed by atoms with Crippen LogP contribution in [0.2, 0.25) is 0 Å². The molecule has 1 aliphatic heterocycles. The Morgan fingerprint density at radius 2 is 2.00 bits per heavy atom. The van der Waals surface area contributed by atoms with Gasteiger partial charge in [-0.15, -0.1) is 11.3 Å². The number of rotatable bonds is 1. The molecule has 0 saturated heterocycles. The average molecular weight is 234 g/mol. The summed E-state index contributed by atoms with van der Waals surface area (Å²) in [7, 11) is 0.